The molecule has 2 saturated heterocycles. The van der Waals surface area contributed by atoms with Crippen LogP contribution in [-0.2, 0) is 18.9 Å². The van der Waals surface area contributed by atoms with E-state index < -0.39 is 23.5 Å². The van der Waals surface area contributed by atoms with E-state index in [-0.39, 0.29) is 18.6 Å². The quantitative estimate of drug-likeness (QED) is 0.362. The van der Waals surface area contributed by atoms with E-state index in [4.69, 9.17) is 24.2 Å². The highest BCUT2D eigenvalue weighted by atomic mass is 16.7. The van der Waals surface area contributed by atoms with Crippen LogP contribution >= 0.6 is 0 Å². The Morgan fingerprint density at radius 1 is 1.41 bits per heavy atom. The number of likely N-dealkylation sites (tertiary alicyclic amines) is 1. The highest BCUT2D eigenvalue weighted by Crippen LogP contribution is 2.41. The Morgan fingerprint density at radius 3 is 2.55 bits per heavy atom. The van der Waals surface area contributed by atoms with Crippen LogP contribution in [0.4, 0.5) is 4.79 Å². The van der Waals surface area contributed by atoms with E-state index in [9.17, 15) is 4.79 Å². The lowest BCUT2D eigenvalue weighted by atomic mass is 10.00. The van der Waals surface area contributed by atoms with E-state index in [0.717, 1.165) is 0 Å². The van der Waals surface area contributed by atoms with Crippen LogP contribution in [0.3, 0.4) is 0 Å². The van der Waals surface area contributed by atoms with Crippen LogP contribution in [0.5, 0.6) is 0 Å². The van der Waals surface area contributed by atoms with Crippen LogP contribution < -0.4 is 0 Å². The number of rotatable bonds is 3. The Hall–Kier alpha value is -1.38. The van der Waals surface area contributed by atoms with Gasteiger partial charge in [-0.25, -0.2) is 4.79 Å². The number of carbonyl (C=O) groups excluding carboxylic acids is 1. The molecular weight excluding hydrogens is 292 g/mol. The summed E-state index contributed by atoms with van der Waals surface area (Å²) in [6.45, 7) is 5.90. The van der Waals surface area contributed by atoms with Crippen molar-refractivity contribution in [1.29, 1.82) is 0 Å². The summed E-state index contributed by atoms with van der Waals surface area (Å²) in [5.74, 6) is -1.31. The van der Waals surface area contributed by atoms with Gasteiger partial charge in [0.05, 0.1) is 12.3 Å². The van der Waals surface area contributed by atoms with Gasteiger partial charge in [0.2, 0.25) is 5.79 Å². The zero-order chi connectivity index (χ0) is 16.5. The summed E-state index contributed by atoms with van der Waals surface area (Å²) in [5, 5.41) is 11.9. The van der Waals surface area contributed by atoms with Crippen molar-refractivity contribution >= 4 is 12.3 Å². The number of hydrogen-bond donors (Lipinski definition) is 1. The van der Waals surface area contributed by atoms with Crippen molar-refractivity contribution < 1.29 is 28.9 Å². The van der Waals surface area contributed by atoms with Crippen molar-refractivity contribution in [3.63, 3.8) is 0 Å². The first-order valence-corrected chi connectivity index (χ1v) is 7.17. The third-order valence-electron chi connectivity index (χ3n) is 3.98. The molecule has 0 aromatic carbocycles. The highest BCUT2D eigenvalue weighted by molar-refractivity contribution is 5.72. The molecule has 0 bridgehead atoms. The van der Waals surface area contributed by atoms with E-state index in [1.807, 2.05) is 0 Å². The Kier molecular flexibility index (Phi) is 4.65. The minimum absolute atomic E-state index is 0.185. The third-order valence-corrected chi connectivity index (χ3v) is 3.98. The molecule has 0 aromatic rings. The summed E-state index contributed by atoms with van der Waals surface area (Å²) in [5.41, 5.74) is -0.613. The molecule has 0 aromatic heterocycles. The number of oxime groups is 1. The number of methoxy groups -OCH3 is 2. The predicted molar refractivity (Wildman–Crippen MR) is 77.0 cm³/mol. The zero-order valence-corrected chi connectivity index (χ0v) is 13.6. The number of fused-ring (bicyclic) bond motifs is 1. The van der Waals surface area contributed by atoms with Gasteiger partial charge in [0.25, 0.3) is 0 Å². The predicted octanol–water partition coefficient (Wildman–Crippen LogP) is 1.07. The minimum Gasteiger partial charge on any atom is -0.444 e. The fourth-order valence-corrected chi connectivity index (χ4v) is 3.03. The average molecular weight is 316 g/mol. The molecule has 0 saturated carbocycles. The lowest BCUT2D eigenvalue weighted by molar-refractivity contribution is -0.224. The van der Waals surface area contributed by atoms with Crippen molar-refractivity contribution in [2.45, 2.75) is 44.3 Å². The molecule has 3 atom stereocenters. The van der Waals surface area contributed by atoms with Crippen LogP contribution in [0.2, 0.25) is 0 Å². The number of nitrogens with zero attached hydrogens (tertiary/aromatic N) is 2. The monoisotopic (exact) mass is 316 g/mol. The minimum atomic E-state index is -1.06. The average Bonchev–Trinajstić information content (AvgIpc) is 2.97. The molecule has 1 amide bonds. The van der Waals surface area contributed by atoms with Gasteiger partial charge in [0.15, 0.2) is 0 Å². The molecular formula is C14H24N2O6. The first-order valence-electron chi connectivity index (χ1n) is 7.17. The zero-order valence-electron chi connectivity index (χ0n) is 13.6. The van der Waals surface area contributed by atoms with Gasteiger partial charge in [0.1, 0.15) is 18.2 Å². The molecule has 2 heterocycles. The summed E-state index contributed by atoms with van der Waals surface area (Å²) in [4.78, 5) is 14.0. The third kappa shape index (κ3) is 2.90. The summed E-state index contributed by atoms with van der Waals surface area (Å²) in [7, 11) is 3.02. The van der Waals surface area contributed by atoms with Gasteiger partial charge in [-0.3, -0.25) is 4.90 Å². The molecule has 126 valence electrons. The molecule has 2 aliphatic heterocycles. The van der Waals surface area contributed by atoms with Crippen LogP contribution in [0.1, 0.15) is 20.8 Å². The van der Waals surface area contributed by atoms with E-state index >= 15 is 0 Å². The van der Waals surface area contributed by atoms with Crippen molar-refractivity contribution in [3.8, 4) is 0 Å². The normalized spacial score (nSPS) is 30.8. The van der Waals surface area contributed by atoms with E-state index in [1.54, 1.807) is 20.8 Å². The summed E-state index contributed by atoms with van der Waals surface area (Å²) < 4.78 is 22.2. The Labute approximate surface area is 129 Å². The van der Waals surface area contributed by atoms with Crippen LogP contribution in [0, 0.1) is 5.92 Å². The molecule has 8 nitrogen and oxygen atoms in total. The maximum absolute atomic E-state index is 12.5. The van der Waals surface area contributed by atoms with E-state index in [1.165, 1.54) is 25.3 Å². The smallest absolute Gasteiger partial charge is 0.410 e. The molecule has 1 N–H and O–H groups in total. The van der Waals surface area contributed by atoms with Crippen molar-refractivity contribution in [1.82, 2.24) is 4.90 Å². The molecule has 22 heavy (non-hydrogen) atoms. The first-order chi connectivity index (χ1) is 10.3. The molecule has 0 radical (unpaired) electrons. The maximum Gasteiger partial charge on any atom is 0.410 e. The lowest BCUT2D eigenvalue weighted by Crippen LogP contribution is -2.55. The topological polar surface area (TPSA) is 89.8 Å². The SMILES string of the molecule is COC1(OC)COC2[C@H](/C=N/O)CN(C(=O)OC(C)(C)C)[C@@H]21. The van der Waals surface area contributed by atoms with Gasteiger partial charge in [-0.1, -0.05) is 0 Å². The molecule has 2 fully saturated rings. The molecule has 0 spiro atoms. The molecule has 0 aliphatic carbocycles. The number of carbonyl (C=O) groups is 1. The van der Waals surface area contributed by atoms with Gasteiger partial charge in [-0.15, -0.1) is 5.16 Å². The van der Waals surface area contributed by atoms with Crippen molar-refractivity contribution in [3.05, 3.63) is 0 Å². The first kappa shape index (κ1) is 17.0. The number of ether oxygens (including phenoxy) is 4. The molecule has 1 unspecified atom stereocenters. The van der Waals surface area contributed by atoms with E-state index in [2.05, 4.69) is 5.16 Å². The van der Waals surface area contributed by atoms with Gasteiger partial charge in [-0.05, 0) is 20.8 Å². The van der Waals surface area contributed by atoms with Gasteiger partial charge in [-0.2, -0.15) is 0 Å². The number of hydrogen-bond acceptors (Lipinski definition) is 7. The van der Waals surface area contributed by atoms with Crippen molar-refractivity contribution in [2.75, 3.05) is 27.4 Å². The highest BCUT2D eigenvalue weighted by Gasteiger charge is 2.61. The molecule has 2 rings (SSSR count). The Balaban J connectivity index is 2.30. The fraction of sp³-hybridized carbons (Fsp3) is 0.857. The largest absolute Gasteiger partial charge is 0.444 e. The fourth-order valence-electron chi connectivity index (χ4n) is 3.03. The van der Waals surface area contributed by atoms with Crippen molar-refractivity contribution in [2.24, 2.45) is 11.1 Å². The summed E-state index contributed by atoms with van der Waals surface area (Å²) in [6.07, 6.45) is 0.521. The molecule has 2 aliphatic rings. The lowest BCUT2D eigenvalue weighted by Gasteiger charge is -2.36. The van der Waals surface area contributed by atoms with Gasteiger partial charge in [0, 0.05) is 26.7 Å². The van der Waals surface area contributed by atoms with Gasteiger partial charge < -0.3 is 24.2 Å². The standard InChI is InChI=1S/C14H24N2O6/c1-13(2,3)22-12(17)16-7-9(6-15-18)10-11(16)14(19-4,20-5)8-21-10/h6,9-11,18H,7-8H2,1-5H3/b15-6+/t9-,10?,11+/m1/s1. The maximum atomic E-state index is 12.5. The summed E-state index contributed by atoms with van der Waals surface area (Å²) >= 11 is 0. The van der Waals surface area contributed by atoms with Crippen LogP contribution in [-0.4, -0.2) is 73.3 Å². The Morgan fingerprint density at radius 2 is 2.05 bits per heavy atom. The van der Waals surface area contributed by atoms with Crippen LogP contribution in [0.25, 0.3) is 0 Å². The second kappa shape index (κ2) is 6.02. The second-order valence-corrected chi connectivity index (χ2v) is 6.50. The van der Waals surface area contributed by atoms with Crippen LogP contribution in [0.15, 0.2) is 5.16 Å². The number of amides is 1. The van der Waals surface area contributed by atoms with E-state index in [0.29, 0.717) is 6.54 Å². The second-order valence-electron chi connectivity index (χ2n) is 6.50. The summed E-state index contributed by atoms with van der Waals surface area (Å²) in [6, 6.07) is -0.472. The molecule has 8 heteroatoms. The Bertz CT molecular complexity index is 443. The van der Waals surface area contributed by atoms with Gasteiger partial charge >= 0.3 is 6.09 Å².